The Morgan fingerprint density at radius 3 is 2.61 bits per heavy atom. The predicted octanol–water partition coefficient (Wildman–Crippen LogP) is 0.124. The zero-order chi connectivity index (χ0) is 17.0. The van der Waals surface area contributed by atoms with Crippen LogP contribution in [0.1, 0.15) is 5.69 Å². The van der Waals surface area contributed by atoms with Crippen molar-refractivity contribution in [3.63, 3.8) is 0 Å². The van der Waals surface area contributed by atoms with Crippen LogP contribution in [0.3, 0.4) is 0 Å². The number of hydrogen-bond donors (Lipinski definition) is 4. The molecule has 0 fully saturated rings. The van der Waals surface area contributed by atoms with Crippen LogP contribution in [0.4, 0.5) is 4.39 Å². The minimum absolute atomic E-state index is 0.0345. The second-order valence-electron chi connectivity index (χ2n) is 4.37. The van der Waals surface area contributed by atoms with E-state index in [9.17, 15) is 22.4 Å². The van der Waals surface area contributed by atoms with Crippen LogP contribution in [0.15, 0.2) is 40.0 Å². The molecule has 0 saturated heterocycles. The number of carbonyl (C=O) groups excluding carboxylic acids is 1. The Labute approximate surface area is 134 Å². The largest absolute Gasteiger partial charge is 0.335 e. The molecule has 11 heteroatoms. The van der Waals surface area contributed by atoms with E-state index in [1.54, 1.807) is 4.83 Å². The Balaban J connectivity index is 2.05. The lowest BCUT2D eigenvalue weighted by Gasteiger charge is -2.09. The fraction of sp³-hybridized carbons (Fsp3) is 0.0833. The van der Waals surface area contributed by atoms with Gasteiger partial charge in [-0.2, -0.15) is 0 Å². The molecule has 0 aliphatic carbocycles. The molecular formula is C12H11FN4O4S2. The molecular weight excluding hydrogens is 347 g/mol. The van der Waals surface area contributed by atoms with Gasteiger partial charge in [-0.1, -0.05) is 12.1 Å². The number of hydrogen-bond acceptors (Lipinski definition) is 5. The standard InChI is InChI=1S/C12H11FN4O4S2/c13-8-3-1-2-4-9(8)23(20,21)17-16-11(19)6-7-5-10(18)15-12(22)14-7/h1-5,17H,6H2,(H,16,19)(H2,14,15,18,22). The van der Waals surface area contributed by atoms with E-state index in [1.807, 2.05) is 5.43 Å². The summed E-state index contributed by atoms with van der Waals surface area (Å²) in [6.45, 7) is 0. The van der Waals surface area contributed by atoms with Crippen molar-refractivity contribution < 1.29 is 17.6 Å². The topological polar surface area (TPSA) is 124 Å². The SMILES string of the molecule is O=C(Cc1cc(=O)[nH]c(=S)[nH]1)NNS(=O)(=O)c1ccccc1F. The Bertz CT molecular complexity index is 924. The van der Waals surface area contributed by atoms with Crippen LogP contribution in [0, 0.1) is 10.6 Å². The third-order valence-corrected chi connectivity index (χ3v) is 4.10. The van der Waals surface area contributed by atoms with Crippen molar-refractivity contribution in [1.29, 1.82) is 0 Å². The number of nitrogens with one attached hydrogen (secondary N) is 4. The summed E-state index contributed by atoms with van der Waals surface area (Å²) in [4.78, 5) is 28.9. The van der Waals surface area contributed by atoms with E-state index in [4.69, 9.17) is 12.2 Å². The molecule has 0 spiro atoms. The van der Waals surface area contributed by atoms with E-state index in [1.165, 1.54) is 12.1 Å². The van der Waals surface area contributed by atoms with Crippen LogP contribution in [0.25, 0.3) is 0 Å². The second kappa shape index (κ2) is 6.81. The van der Waals surface area contributed by atoms with Gasteiger partial charge in [0.15, 0.2) is 4.77 Å². The molecule has 8 nitrogen and oxygen atoms in total. The highest BCUT2D eigenvalue weighted by molar-refractivity contribution is 7.89. The first-order valence-electron chi connectivity index (χ1n) is 6.15. The molecule has 23 heavy (non-hydrogen) atoms. The number of amides is 1. The quantitative estimate of drug-likeness (QED) is 0.447. The number of carbonyl (C=O) groups is 1. The molecule has 0 aliphatic heterocycles. The molecule has 2 rings (SSSR count). The normalized spacial score (nSPS) is 11.2. The fourth-order valence-corrected chi connectivity index (χ4v) is 2.85. The first-order chi connectivity index (χ1) is 10.8. The van der Waals surface area contributed by atoms with E-state index in [0.717, 1.165) is 18.2 Å². The minimum atomic E-state index is -4.25. The van der Waals surface area contributed by atoms with Crippen LogP contribution < -0.4 is 15.8 Å². The Hall–Kier alpha value is -2.37. The van der Waals surface area contributed by atoms with Crippen LogP contribution in [-0.2, 0) is 21.2 Å². The zero-order valence-corrected chi connectivity index (χ0v) is 13.1. The average molecular weight is 358 g/mol. The van der Waals surface area contributed by atoms with Gasteiger partial charge in [0.1, 0.15) is 10.7 Å². The number of rotatable bonds is 5. The molecule has 0 saturated carbocycles. The van der Waals surface area contributed by atoms with Gasteiger partial charge in [-0.3, -0.25) is 20.0 Å². The lowest BCUT2D eigenvalue weighted by atomic mass is 10.3. The maximum atomic E-state index is 13.5. The Kier molecular flexibility index (Phi) is 5.03. The summed E-state index contributed by atoms with van der Waals surface area (Å²) < 4.78 is 37.2. The van der Waals surface area contributed by atoms with Crippen molar-refractivity contribution in [3.8, 4) is 0 Å². The lowest BCUT2D eigenvalue weighted by molar-refractivity contribution is -0.120. The van der Waals surface area contributed by atoms with Crippen LogP contribution in [0.2, 0.25) is 0 Å². The van der Waals surface area contributed by atoms with Crippen molar-refractivity contribution in [2.75, 3.05) is 0 Å². The summed E-state index contributed by atoms with van der Waals surface area (Å²) >= 11 is 4.75. The summed E-state index contributed by atoms with van der Waals surface area (Å²) in [5, 5.41) is 0. The van der Waals surface area contributed by atoms with Crippen molar-refractivity contribution in [1.82, 2.24) is 20.2 Å². The second-order valence-corrected chi connectivity index (χ2v) is 6.43. The summed E-state index contributed by atoms with van der Waals surface area (Å²) in [5.74, 6) is -1.71. The first kappa shape index (κ1) is 17.0. The van der Waals surface area contributed by atoms with Gasteiger partial charge < -0.3 is 4.98 Å². The van der Waals surface area contributed by atoms with Gasteiger partial charge in [-0.05, 0) is 24.4 Å². The van der Waals surface area contributed by atoms with E-state index in [2.05, 4.69) is 9.97 Å². The third kappa shape index (κ3) is 4.55. The van der Waals surface area contributed by atoms with Crippen molar-refractivity contribution >= 4 is 28.1 Å². The first-order valence-corrected chi connectivity index (χ1v) is 8.05. The van der Waals surface area contributed by atoms with Crippen LogP contribution in [0.5, 0.6) is 0 Å². The average Bonchev–Trinajstić information content (AvgIpc) is 2.44. The Morgan fingerprint density at radius 1 is 1.26 bits per heavy atom. The zero-order valence-electron chi connectivity index (χ0n) is 11.4. The van der Waals surface area contributed by atoms with E-state index in [-0.39, 0.29) is 16.9 Å². The van der Waals surface area contributed by atoms with Crippen molar-refractivity contribution in [2.45, 2.75) is 11.3 Å². The highest BCUT2D eigenvalue weighted by Gasteiger charge is 2.19. The van der Waals surface area contributed by atoms with E-state index < -0.39 is 32.2 Å². The smallest absolute Gasteiger partial charge is 0.260 e. The highest BCUT2D eigenvalue weighted by Crippen LogP contribution is 2.12. The summed E-state index contributed by atoms with van der Waals surface area (Å²) in [7, 11) is -4.25. The molecule has 1 aromatic heterocycles. The summed E-state index contributed by atoms with van der Waals surface area (Å²) in [5.41, 5.74) is 1.63. The summed E-state index contributed by atoms with van der Waals surface area (Å²) in [6.07, 6.45) is -0.326. The Morgan fingerprint density at radius 2 is 1.96 bits per heavy atom. The van der Waals surface area contributed by atoms with Crippen LogP contribution in [-0.4, -0.2) is 24.3 Å². The summed E-state index contributed by atoms with van der Waals surface area (Å²) in [6, 6.07) is 5.82. The van der Waals surface area contributed by atoms with E-state index in [0.29, 0.717) is 0 Å². The molecule has 1 amide bonds. The van der Waals surface area contributed by atoms with Crippen molar-refractivity contribution in [2.24, 2.45) is 0 Å². The maximum absolute atomic E-state index is 13.5. The van der Waals surface area contributed by atoms with Gasteiger partial charge >= 0.3 is 0 Å². The third-order valence-electron chi connectivity index (χ3n) is 2.62. The number of halogens is 1. The maximum Gasteiger partial charge on any atom is 0.260 e. The lowest BCUT2D eigenvalue weighted by Crippen LogP contribution is -2.42. The minimum Gasteiger partial charge on any atom is -0.335 e. The van der Waals surface area contributed by atoms with Gasteiger partial charge in [0.25, 0.3) is 15.6 Å². The molecule has 1 heterocycles. The molecule has 0 atom stereocenters. The van der Waals surface area contributed by atoms with Crippen LogP contribution >= 0.6 is 12.2 Å². The van der Waals surface area contributed by atoms with Gasteiger partial charge in [-0.25, -0.2) is 12.8 Å². The molecule has 0 unspecified atom stereocenters. The molecule has 122 valence electrons. The van der Waals surface area contributed by atoms with Gasteiger partial charge in [-0.15, -0.1) is 4.83 Å². The van der Waals surface area contributed by atoms with Gasteiger partial charge in [0, 0.05) is 11.8 Å². The molecule has 0 aliphatic rings. The molecule has 0 bridgehead atoms. The number of H-pyrrole nitrogens is 2. The van der Waals surface area contributed by atoms with E-state index >= 15 is 0 Å². The number of benzene rings is 1. The monoisotopic (exact) mass is 358 g/mol. The fourth-order valence-electron chi connectivity index (χ4n) is 1.67. The number of aromatic amines is 2. The van der Waals surface area contributed by atoms with Gasteiger partial charge in [0.2, 0.25) is 5.91 Å². The molecule has 1 aromatic carbocycles. The molecule has 4 N–H and O–H groups in total. The number of sulfonamides is 1. The number of aromatic nitrogens is 2. The highest BCUT2D eigenvalue weighted by atomic mass is 32.2. The predicted molar refractivity (Wildman–Crippen MR) is 80.8 cm³/mol. The number of hydrazine groups is 1. The van der Waals surface area contributed by atoms with Crippen molar-refractivity contribution in [3.05, 3.63) is 57.0 Å². The molecule has 0 radical (unpaired) electrons. The van der Waals surface area contributed by atoms with Gasteiger partial charge in [0.05, 0.1) is 6.42 Å². The molecule has 2 aromatic rings.